The van der Waals surface area contributed by atoms with E-state index >= 15 is 0 Å². The summed E-state index contributed by atoms with van der Waals surface area (Å²) >= 11 is 0. The van der Waals surface area contributed by atoms with E-state index in [1.54, 1.807) is 0 Å². The molecule has 1 fully saturated rings. The van der Waals surface area contributed by atoms with Crippen molar-refractivity contribution in [3.05, 3.63) is 0 Å². The van der Waals surface area contributed by atoms with Gasteiger partial charge in [-0.15, -0.1) is 0 Å². The molecule has 1 aliphatic heterocycles. The third-order valence-electron chi connectivity index (χ3n) is 3.46. The van der Waals surface area contributed by atoms with E-state index < -0.39 is 34.5 Å². The van der Waals surface area contributed by atoms with E-state index in [2.05, 4.69) is 5.32 Å². The Morgan fingerprint density at radius 3 is 2.62 bits per heavy atom. The molecule has 0 aromatic heterocycles. The molecule has 0 spiro atoms. The standard InChI is InChI=1S/C12H22N2O6S/c1-3-21(18,19)14(2)7-10(15)13-11(12(16)17)9-5-4-6-20-8-9/h9,11H,3-8H2,1-2H3,(H,13,15)(H,16,17). The minimum absolute atomic E-state index is 0.115. The third kappa shape index (κ3) is 5.25. The molecule has 1 saturated heterocycles. The monoisotopic (exact) mass is 322 g/mol. The van der Waals surface area contributed by atoms with Gasteiger partial charge in [-0.05, 0) is 19.8 Å². The number of rotatable bonds is 7. The van der Waals surface area contributed by atoms with Crippen LogP contribution < -0.4 is 5.32 Å². The predicted molar refractivity (Wildman–Crippen MR) is 75.2 cm³/mol. The van der Waals surface area contributed by atoms with Gasteiger partial charge in [0.05, 0.1) is 18.9 Å². The topological polar surface area (TPSA) is 113 Å². The second-order valence-corrected chi connectivity index (χ2v) is 7.38. The van der Waals surface area contributed by atoms with Crippen LogP contribution in [0.5, 0.6) is 0 Å². The highest BCUT2D eigenvalue weighted by Crippen LogP contribution is 2.17. The summed E-state index contributed by atoms with van der Waals surface area (Å²) in [5.74, 6) is -2.18. The molecule has 0 aromatic rings. The number of carbonyl (C=O) groups excluding carboxylic acids is 1. The molecule has 0 aromatic carbocycles. The van der Waals surface area contributed by atoms with E-state index in [1.165, 1.54) is 14.0 Å². The van der Waals surface area contributed by atoms with Gasteiger partial charge in [0.15, 0.2) is 0 Å². The van der Waals surface area contributed by atoms with Crippen LogP contribution in [0.1, 0.15) is 19.8 Å². The molecule has 0 bridgehead atoms. The number of carbonyl (C=O) groups is 2. The van der Waals surface area contributed by atoms with E-state index in [1.807, 2.05) is 0 Å². The zero-order chi connectivity index (χ0) is 16.0. The van der Waals surface area contributed by atoms with E-state index in [9.17, 15) is 23.1 Å². The summed E-state index contributed by atoms with van der Waals surface area (Å²) in [6.45, 7) is 1.95. The van der Waals surface area contributed by atoms with E-state index in [-0.39, 0.29) is 18.3 Å². The maximum absolute atomic E-state index is 11.9. The Kier molecular flexibility index (Phi) is 6.56. The number of carboxylic acid groups (broad SMARTS) is 1. The van der Waals surface area contributed by atoms with Gasteiger partial charge >= 0.3 is 5.97 Å². The van der Waals surface area contributed by atoms with Crippen LogP contribution in [0.3, 0.4) is 0 Å². The van der Waals surface area contributed by atoms with Crippen molar-refractivity contribution in [2.75, 3.05) is 32.6 Å². The average Bonchev–Trinajstić information content (AvgIpc) is 2.45. The van der Waals surface area contributed by atoms with Crippen molar-refractivity contribution in [3.8, 4) is 0 Å². The molecule has 1 heterocycles. The Labute approximate surface area is 124 Å². The number of nitrogens with zero attached hydrogens (tertiary/aromatic N) is 1. The van der Waals surface area contributed by atoms with Gasteiger partial charge in [-0.25, -0.2) is 13.2 Å². The van der Waals surface area contributed by atoms with Gasteiger partial charge in [0, 0.05) is 19.6 Å². The first kappa shape index (κ1) is 17.9. The van der Waals surface area contributed by atoms with Crippen molar-refractivity contribution in [1.29, 1.82) is 0 Å². The summed E-state index contributed by atoms with van der Waals surface area (Å²) in [6.07, 6.45) is 1.40. The van der Waals surface area contributed by atoms with Crippen molar-refractivity contribution < 1.29 is 27.9 Å². The van der Waals surface area contributed by atoms with Crippen LogP contribution >= 0.6 is 0 Å². The lowest BCUT2D eigenvalue weighted by Crippen LogP contribution is -2.51. The van der Waals surface area contributed by atoms with Crippen LogP contribution in [-0.4, -0.2) is 68.3 Å². The number of likely N-dealkylation sites (N-methyl/N-ethyl adjacent to an activating group) is 1. The summed E-state index contributed by atoms with van der Waals surface area (Å²) in [6, 6.07) is -1.06. The molecule has 0 radical (unpaired) electrons. The van der Waals surface area contributed by atoms with Gasteiger partial charge in [-0.3, -0.25) is 4.79 Å². The fourth-order valence-corrected chi connectivity index (χ4v) is 2.90. The molecule has 0 saturated carbocycles. The van der Waals surface area contributed by atoms with Crippen LogP contribution in [-0.2, 0) is 24.3 Å². The quantitative estimate of drug-likeness (QED) is 0.638. The van der Waals surface area contributed by atoms with Crippen LogP contribution in [0.25, 0.3) is 0 Å². The lowest BCUT2D eigenvalue weighted by atomic mass is 9.93. The lowest BCUT2D eigenvalue weighted by molar-refractivity contribution is -0.145. The Balaban J connectivity index is 2.63. The van der Waals surface area contributed by atoms with Gasteiger partial charge < -0.3 is 15.2 Å². The average molecular weight is 322 g/mol. The van der Waals surface area contributed by atoms with Crippen molar-refractivity contribution in [2.45, 2.75) is 25.8 Å². The van der Waals surface area contributed by atoms with Crippen molar-refractivity contribution >= 4 is 21.9 Å². The molecule has 1 aliphatic rings. The second kappa shape index (κ2) is 7.71. The predicted octanol–water partition coefficient (Wildman–Crippen LogP) is -0.736. The number of ether oxygens (including phenoxy) is 1. The summed E-state index contributed by atoms with van der Waals surface area (Å²) in [5, 5.41) is 11.6. The summed E-state index contributed by atoms with van der Waals surface area (Å²) in [4.78, 5) is 23.1. The minimum Gasteiger partial charge on any atom is -0.480 e. The Bertz CT molecular complexity index is 472. The van der Waals surface area contributed by atoms with Gasteiger partial charge in [-0.1, -0.05) is 0 Å². The molecule has 2 unspecified atom stereocenters. The van der Waals surface area contributed by atoms with E-state index in [0.717, 1.165) is 10.7 Å². The molecule has 21 heavy (non-hydrogen) atoms. The summed E-state index contributed by atoms with van der Waals surface area (Å²) < 4.78 is 29.3. The smallest absolute Gasteiger partial charge is 0.326 e. The second-order valence-electron chi connectivity index (χ2n) is 5.02. The summed E-state index contributed by atoms with van der Waals surface area (Å²) in [5.41, 5.74) is 0. The molecule has 9 heteroatoms. The highest BCUT2D eigenvalue weighted by Gasteiger charge is 2.32. The molecule has 1 rings (SSSR count). The van der Waals surface area contributed by atoms with Gasteiger partial charge in [0.2, 0.25) is 15.9 Å². The lowest BCUT2D eigenvalue weighted by Gasteiger charge is -2.28. The molecule has 122 valence electrons. The Hall–Kier alpha value is -1.19. The fourth-order valence-electron chi connectivity index (χ4n) is 2.15. The summed E-state index contributed by atoms with van der Waals surface area (Å²) in [7, 11) is -2.18. The van der Waals surface area contributed by atoms with Crippen LogP contribution in [0.4, 0.5) is 0 Å². The molecule has 1 amide bonds. The van der Waals surface area contributed by atoms with E-state index in [0.29, 0.717) is 13.0 Å². The maximum Gasteiger partial charge on any atom is 0.326 e. The zero-order valence-corrected chi connectivity index (χ0v) is 13.1. The Morgan fingerprint density at radius 1 is 1.48 bits per heavy atom. The number of hydrogen-bond donors (Lipinski definition) is 2. The van der Waals surface area contributed by atoms with Crippen molar-refractivity contribution in [3.63, 3.8) is 0 Å². The van der Waals surface area contributed by atoms with Crippen LogP contribution in [0, 0.1) is 5.92 Å². The number of carboxylic acids is 1. The highest BCUT2D eigenvalue weighted by molar-refractivity contribution is 7.89. The zero-order valence-electron chi connectivity index (χ0n) is 12.2. The first-order valence-electron chi connectivity index (χ1n) is 6.82. The first-order valence-corrected chi connectivity index (χ1v) is 8.42. The minimum atomic E-state index is -3.47. The molecular formula is C12H22N2O6S. The third-order valence-corrected chi connectivity index (χ3v) is 5.26. The number of amides is 1. The largest absolute Gasteiger partial charge is 0.480 e. The number of hydrogen-bond acceptors (Lipinski definition) is 5. The van der Waals surface area contributed by atoms with Gasteiger partial charge in [0.25, 0.3) is 0 Å². The SMILES string of the molecule is CCS(=O)(=O)N(C)CC(=O)NC(C(=O)O)C1CCCOC1. The van der Waals surface area contributed by atoms with Crippen molar-refractivity contribution in [2.24, 2.45) is 5.92 Å². The molecule has 2 N–H and O–H groups in total. The fraction of sp³-hybridized carbons (Fsp3) is 0.833. The number of sulfonamides is 1. The number of nitrogens with one attached hydrogen (secondary N) is 1. The van der Waals surface area contributed by atoms with Crippen LogP contribution in [0.15, 0.2) is 0 Å². The molecule has 2 atom stereocenters. The first-order chi connectivity index (χ1) is 9.77. The molecule has 0 aliphatic carbocycles. The van der Waals surface area contributed by atoms with E-state index in [4.69, 9.17) is 4.74 Å². The number of aliphatic carboxylic acids is 1. The molecule has 8 nitrogen and oxygen atoms in total. The van der Waals surface area contributed by atoms with Crippen molar-refractivity contribution in [1.82, 2.24) is 9.62 Å². The Morgan fingerprint density at radius 2 is 2.14 bits per heavy atom. The van der Waals surface area contributed by atoms with Crippen LogP contribution in [0.2, 0.25) is 0 Å². The molecular weight excluding hydrogens is 300 g/mol. The highest BCUT2D eigenvalue weighted by atomic mass is 32.2. The normalized spacial score (nSPS) is 21.0. The maximum atomic E-state index is 11.9. The van der Waals surface area contributed by atoms with Gasteiger partial charge in [-0.2, -0.15) is 4.31 Å². The van der Waals surface area contributed by atoms with Gasteiger partial charge in [0.1, 0.15) is 6.04 Å².